The van der Waals surface area contributed by atoms with E-state index in [2.05, 4.69) is 27.6 Å². The Morgan fingerprint density at radius 1 is 1.40 bits per heavy atom. The quantitative estimate of drug-likeness (QED) is 0.650. The van der Waals surface area contributed by atoms with Gasteiger partial charge in [0, 0.05) is 5.75 Å². The number of halogens is 1. The molecule has 20 heavy (non-hydrogen) atoms. The van der Waals surface area contributed by atoms with Crippen molar-refractivity contribution in [3.05, 3.63) is 35.9 Å². The first kappa shape index (κ1) is 16.9. The van der Waals surface area contributed by atoms with Gasteiger partial charge >= 0.3 is 0 Å². The molecule has 1 aromatic heterocycles. The molecule has 2 aromatic rings. The maximum Gasteiger partial charge on any atom is 0.242 e. The predicted octanol–water partition coefficient (Wildman–Crippen LogP) is 2.54. The van der Waals surface area contributed by atoms with Crippen LogP contribution in [0, 0.1) is 0 Å². The minimum Gasteiger partial charge on any atom is -0.320 e. The smallest absolute Gasteiger partial charge is 0.242 e. The van der Waals surface area contributed by atoms with E-state index in [1.807, 2.05) is 18.2 Å². The van der Waals surface area contributed by atoms with Gasteiger partial charge in [-0.05, 0) is 12.5 Å². The fourth-order valence-electron chi connectivity index (χ4n) is 1.26. The molecule has 8 heteroatoms. The molecule has 2 rings (SSSR count). The number of aromatic nitrogens is 2. The normalized spacial score (nSPS) is 11.5. The summed E-state index contributed by atoms with van der Waals surface area (Å²) in [6.45, 7) is 1.63. The highest BCUT2D eigenvalue weighted by Crippen LogP contribution is 2.28. The van der Waals surface area contributed by atoms with E-state index < -0.39 is 6.04 Å². The van der Waals surface area contributed by atoms with E-state index in [1.54, 1.807) is 18.7 Å². The predicted molar refractivity (Wildman–Crippen MR) is 85.4 cm³/mol. The Balaban J connectivity index is 0.00000200. The van der Waals surface area contributed by atoms with Crippen LogP contribution in [-0.2, 0) is 10.5 Å². The summed E-state index contributed by atoms with van der Waals surface area (Å²) in [7, 11) is 0. The summed E-state index contributed by atoms with van der Waals surface area (Å²) in [5, 5.41) is 11.0. The van der Waals surface area contributed by atoms with Crippen LogP contribution >= 0.6 is 35.5 Å². The second-order valence-electron chi connectivity index (χ2n) is 3.93. The third kappa shape index (κ3) is 5.09. The lowest BCUT2D eigenvalue weighted by Crippen LogP contribution is -2.32. The minimum absolute atomic E-state index is 0. The summed E-state index contributed by atoms with van der Waals surface area (Å²) in [5.74, 6) is 0.576. The lowest BCUT2D eigenvalue weighted by atomic mass is 10.2. The summed E-state index contributed by atoms with van der Waals surface area (Å²) in [6.07, 6.45) is 0. The van der Waals surface area contributed by atoms with Crippen LogP contribution in [0.4, 0.5) is 5.13 Å². The average molecular weight is 331 g/mol. The lowest BCUT2D eigenvalue weighted by Gasteiger charge is -2.02. The molecule has 3 N–H and O–H groups in total. The number of hydrogen-bond donors (Lipinski definition) is 2. The maximum absolute atomic E-state index is 11.4. The molecule has 1 amide bonds. The van der Waals surface area contributed by atoms with Crippen LogP contribution in [0.3, 0.4) is 0 Å². The Morgan fingerprint density at radius 3 is 2.75 bits per heavy atom. The van der Waals surface area contributed by atoms with Crippen LogP contribution in [0.25, 0.3) is 0 Å². The molecule has 1 aromatic carbocycles. The number of nitrogens with zero attached hydrogens (tertiary/aromatic N) is 2. The molecule has 0 aliphatic heterocycles. The Morgan fingerprint density at radius 2 is 2.10 bits per heavy atom. The molecule has 1 heterocycles. The molecule has 0 unspecified atom stereocenters. The number of benzene rings is 1. The largest absolute Gasteiger partial charge is 0.320 e. The van der Waals surface area contributed by atoms with E-state index in [0.717, 1.165) is 10.1 Å². The van der Waals surface area contributed by atoms with Gasteiger partial charge in [-0.2, -0.15) is 0 Å². The van der Waals surface area contributed by atoms with Crippen molar-refractivity contribution in [1.29, 1.82) is 0 Å². The molecule has 0 saturated heterocycles. The molecule has 5 nitrogen and oxygen atoms in total. The van der Waals surface area contributed by atoms with E-state index in [1.165, 1.54) is 16.9 Å². The summed E-state index contributed by atoms with van der Waals surface area (Å²) in [5.41, 5.74) is 6.69. The van der Waals surface area contributed by atoms with E-state index in [-0.39, 0.29) is 18.3 Å². The van der Waals surface area contributed by atoms with Gasteiger partial charge in [-0.3, -0.25) is 10.1 Å². The standard InChI is InChI=1S/C12H14N4OS2.ClH/c1-8(13)10(17)14-11-15-16-12(19-11)18-7-9-5-3-2-4-6-9;/h2-6,8H,7,13H2,1H3,(H,14,15,17);1H/t8-;/m0./s1. The summed E-state index contributed by atoms with van der Waals surface area (Å²) in [6, 6.07) is 9.57. The molecular weight excluding hydrogens is 316 g/mol. The molecule has 0 radical (unpaired) electrons. The summed E-state index contributed by atoms with van der Waals surface area (Å²) < 4.78 is 0.823. The van der Waals surface area contributed by atoms with E-state index >= 15 is 0 Å². The van der Waals surface area contributed by atoms with E-state index in [9.17, 15) is 4.79 Å². The molecule has 0 saturated carbocycles. The Hall–Kier alpha value is -1.15. The highest BCUT2D eigenvalue weighted by molar-refractivity contribution is 8.00. The number of thioether (sulfide) groups is 1. The monoisotopic (exact) mass is 330 g/mol. The van der Waals surface area contributed by atoms with Crippen molar-refractivity contribution in [3.8, 4) is 0 Å². The molecule has 0 spiro atoms. The molecule has 0 fully saturated rings. The maximum atomic E-state index is 11.4. The first-order valence-corrected chi connectivity index (χ1v) is 7.52. The number of anilines is 1. The van der Waals surface area contributed by atoms with Gasteiger partial charge in [-0.1, -0.05) is 53.4 Å². The van der Waals surface area contributed by atoms with Crippen LogP contribution in [0.1, 0.15) is 12.5 Å². The molecule has 0 bridgehead atoms. The average Bonchev–Trinajstić information content (AvgIpc) is 2.85. The van der Waals surface area contributed by atoms with Gasteiger partial charge in [0.1, 0.15) is 0 Å². The van der Waals surface area contributed by atoms with E-state index in [4.69, 9.17) is 5.73 Å². The molecule has 0 aliphatic carbocycles. The van der Waals surface area contributed by atoms with Crippen LogP contribution < -0.4 is 11.1 Å². The van der Waals surface area contributed by atoms with Gasteiger partial charge in [0.25, 0.3) is 0 Å². The van der Waals surface area contributed by atoms with Gasteiger partial charge in [0.05, 0.1) is 6.04 Å². The lowest BCUT2D eigenvalue weighted by molar-refractivity contribution is -0.117. The Bertz CT molecular complexity index is 547. The fraction of sp³-hybridized carbons (Fsp3) is 0.250. The van der Waals surface area contributed by atoms with Gasteiger partial charge in [0.15, 0.2) is 4.34 Å². The number of hydrogen-bond acceptors (Lipinski definition) is 6. The van der Waals surface area contributed by atoms with Gasteiger partial charge in [0.2, 0.25) is 11.0 Å². The van der Waals surface area contributed by atoms with Crippen molar-refractivity contribution in [1.82, 2.24) is 10.2 Å². The highest BCUT2D eigenvalue weighted by atomic mass is 35.5. The Labute approximate surface area is 131 Å². The number of carbonyl (C=O) groups excluding carboxylic acids is 1. The molecular formula is C12H15ClN4OS2. The zero-order chi connectivity index (χ0) is 13.7. The van der Waals surface area contributed by atoms with Crippen LogP contribution in [0.15, 0.2) is 34.7 Å². The van der Waals surface area contributed by atoms with Crippen molar-refractivity contribution in [3.63, 3.8) is 0 Å². The Kier molecular flexibility index (Phi) is 6.94. The molecule has 108 valence electrons. The number of nitrogens with two attached hydrogens (primary N) is 1. The minimum atomic E-state index is -0.552. The second-order valence-corrected chi connectivity index (χ2v) is 6.13. The SMILES string of the molecule is C[C@H](N)C(=O)Nc1nnc(SCc2ccccc2)s1.Cl. The topological polar surface area (TPSA) is 80.9 Å². The summed E-state index contributed by atoms with van der Waals surface area (Å²) in [4.78, 5) is 11.4. The second kappa shape index (κ2) is 8.21. The number of carbonyl (C=O) groups is 1. The first-order chi connectivity index (χ1) is 9.15. The number of rotatable bonds is 5. The van der Waals surface area contributed by atoms with Crippen molar-refractivity contribution < 1.29 is 4.79 Å². The molecule has 1 atom stereocenters. The van der Waals surface area contributed by atoms with Gasteiger partial charge in [-0.15, -0.1) is 22.6 Å². The summed E-state index contributed by atoms with van der Waals surface area (Å²) >= 11 is 2.94. The number of nitrogens with one attached hydrogen (secondary N) is 1. The van der Waals surface area contributed by atoms with Crippen LogP contribution in [0.2, 0.25) is 0 Å². The van der Waals surface area contributed by atoms with Crippen LogP contribution in [-0.4, -0.2) is 22.1 Å². The fourth-order valence-corrected chi connectivity index (χ4v) is 2.97. The zero-order valence-electron chi connectivity index (χ0n) is 10.8. The van der Waals surface area contributed by atoms with Crippen molar-refractivity contribution in [2.75, 3.05) is 5.32 Å². The third-order valence-electron chi connectivity index (χ3n) is 2.26. The highest BCUT2D eigenvalue weighted by Gasteiger charge is 2.11. The van der Waals surface area contributed by atoms with Crippen LogP contribution in [0.5, 0.6) is 0 Å². The van der Waals surface area contributed by atoms with E-state index in [0.29, 0.717) is 5.13 Å². The van der Waals surface area contributed by atoms with Gasteiger partial charge in [-0.25, -0.2) is 0 Å². The first-order valence-electron chi connectivity index (χ1n) is 5.72. The third-order valence-corrected chi connectivity index (χ3v) is 4.30. The van der Waals surface area contributed by atoms with Crippen molar-refractivity contribution >= 4 is 46.5 Å². The van der Waals surface area contributed by atoms with Crippen molar-refractivity contribution in [2.24, 2.45) is 5.73 Å². The van der Waals surface area contributed by atoms with Gasteiger partial charge < -0.3 is 5.73 Å². The number of amides is 1. The zero-order valence-corrected chi connectivity index (χ0v) is 13.2. The molecule has 0 aliphatic rings. The van der Waals surface area contributed by atoms with Crippen molar-refractivity contribution in [2.45, 2.75) is 23.1 Å².